The molecule has 28 heavy (non-hydrogen) atoms. The van der Waals surface area contributed by atoms with Gasteiger partial charge in [-0.2, -0.15) is 0 Å². The van der Waals surface area contributed by atoms with E-state index in [2.05, 4.69) is 26.2 Å². The summed E-state index contributed by atoms with van der Waals surface area (Å²) in [7, 11) is 0. The number of hydrogen-bond donors (Lipinski definition) is 2. The van der Waals surface area contributed by atoms with Gasteiger partial charge in [-0.05, 0) is 70.4 Å². The summed E-state index contributed by atoms with van der Waals surface area (Å²) >= 11 is 3.27. The molecule has 0 saturated heterocycles. The lowest BCUT2D eigenvalue weighted by Crippen LogP contribution is -2.25. The number of benzene rings is 2. The van der Waals surface area contributed by atoms with E-state index in [9.17, 15) is 9.59 Å². The molecule has 0 bridgehead atoms. The van der Waals surface area contributed by atoms with Gasteiger partial charge in [-0.3, -0.25) is 9.59 Å². The topological polar surface area (TPSA) is 85.1 Å². The second-order valence-electron chi connectivity index (χ2n) is 6.52. The largest absolute Gasteiger partial charge is 0.399 e. The number of anilines is 2. The van der Waals surface area contributed by atoms with Crippen LogP contribution in [0.2, 0.25) is 0 Å². The number of aromatic nitrogens is 1. The molecule has 138 valence electrons. The van der Waals surface area contributed by atoms with Gasteiger partial charge in [-0.25, -0.2) is 4.98 Å². The van der Waals surface area contributed by atoms with E-state index in [-0.39, 0.29) is 27.4 Å². The molecule has 0 aliphatic heterocycles. The minimum atomic E-state index is -0.306. The molecule has 6 heteroatoms. The first-order chi connectivity index (χ1) is 13.4. The molecule has 0 unspecified atom stereocenters. The first-order valence-corrected chi connectivity index (χ1v) is 9.43. The summed E-state index contributed by atoms with van der Waals surface area (Å²) < 4.78 is 0.186. The van der Waals surface area contributed by atoms with Gasteiger partial charge in [-0.15, -0.1) is 0 Å². The van der Waals surface area contributed by atoms with Crippen molar-refractivity contribution in [1.82, 2.24) is 4.98 Å². The van der Waals surface area contributed by atoms with Crippen LogP contribution in [-0.4, -0.2) is 16.6 Å². The maximum absolute atomic E-state index is 12.9. The zero-order chi connectivity index (χ0) is 19.8. The fourth-order valence-electron chi connectivity index (χ4n) is 3.04. The van der Waals surface area contributed by atoms with Crippen LogP contribution in [0, 0.1) is 6.92 Å². The molecule has 2 aromatic carbocycles. The standard InChI is InChI=1S/C22H16BrN3O2/c1-12-2-11-17-19(25-12)22(28)18(23)20(21(17)27)26-16-9-5-14(6-10-16)13-3-7-15(24)8-4-13/h2-11,26H,24H2,1H3. The molecular weight excluding hydrogens is 418 g/mol. The van der Waals surface area contributed by atoms with E-state index in [1.807, 2.05) is 48.5 Å². The van der Waals surface area contributed by atoms with E-state index in [1.165, 1.54) is 0 Å². The van der Waals surface area contributed by atoms with E-state index in [1.54, 1.807) is 19.1 Å². The van der Waals surface area contributed by atoms with Crippen LogP contribution in [-0.2, 0) is 0 Å². The lowest BCUT2D eigenvalue weighted by atomic mass is 9.96. The number of carbonyl (C=O) groups excluding carboxylic acids is 2. The minimum Gasteiger partial charge on any atom is -0.399 e. The Hall–Kier alpha value is -3.25. The summed E-state index contributed by atoms with van der Waals surface area (Å²) in [6, 6.07) is 18.6. The first-order valence-electron chi connectivity index (χ1n) is 8.64. The zero-order valence-electron chi connectivity index (χ0n) is 15.0. The number of hydrogen-bond acceptors (Lipinski definition) is 5. The Balaban J connectivity index is 1.63. The van der Waals surface area contributed by atoms with Gasteiger partial charge < -0.3 is 11.1 Å². The van der Waals surface area contributed by atoms with Crippen molar-refractivity contribution in [2.75, 3.05) is 11.1 Å². The summed E-state index contributed by atoms with van der Waals surface area (Å²) in [6.45, 7) is 1.78. The molecule has 3 N–H and O–H groups in total. The molecule has 1 aliphatic rings. The summed E-state index contributed by atoms with van der Waals surface area (Å²) in [5.41, 5.74) is 10.6. The Morgan fingerprint density at radius 3 is 2.11 bits per heavy atom. The lowest BCUT2D eigenvalue weighted by molar-refractivity contribution is 0.0979. The highest BCUT2D eigenvalue weighted by atomic mass is 79.9. The Morgan fingerprint density at radius 1 is 0.857 bits per heavy atom. The van der Waals surface area contributed by atoms with Gasteiger partial charge in [0.15, 0.2) is 0 Å². The SMILES string of the molecule is Cc1ccc2c(n1)C(=O)C(Br)=C(Nc1ccc(-c3ccc(N)cc3)cc1)C2=O. The van der Waals surface area contributed by atoms with Crippen molar-refractivity contribution in [3.8, 4) is 11.1 Å². The number of fused-ring (bicyclic) bond motifs is 1. The van der Waals surface area contributed by atoms with E-state index in [4.69, 9.17) is 5.73 Å². The van der Waals surface area contributed by atoms with Gasteiger partial charge >= 0.3 is 0 Å². The summed E-state index contributed by atoms with van der Waals surface area (Å²) in [5, 5.41) is 3.07. The van der Waals surface area contributed by atoms with Crippen LogP contribution < -0.4 is 11.1 Å². The third-order valence-corrected chi connectivity index (χ3v) is 5.29. The number of nitrogens with two attached hydrogens (primary N) is 1. The number of allylic oxidation sites excluding steroid dienone is 2. The van der Waals surface area contributed by atoms with Crippen molar-refractivity contribution in [1.29, 1.82) is 0 Å². The van der Waals surface area contributed by atoms with Gasteiger partial charge in [0, 0.05) is 17.1 Å². The molecule has 0 fully saturated rings. The van der Waals surface area contributed by atoms with Crippen LogP contribution in [0.3, 0.4) is 0 Å². The van der Waals surface area contributed by atoms with Gasteiger partial charge in [0.05, 0.1) is 10.0 Å². The van der Waals surface area contributed by atoms with E-state index < -0.39 is 0 Å². The average molecular weight is 434 g/mol. The predicted molar refractivity (Wildman–Crippen MR) is 114 cm³/mol. The Morgan fingerprint density at radius 2 is 1.46 bits per heavy atom. The van der Waals surface area contributed by atoms with E-state index in [0.29, 0.717) is 22.6 Å². The second-order valence-corrected chi connectivity index (χ2v) is 7.31. The lowest BCUT2D eigenvalue weighted by Gasteiger charge is -2.19. The summed E-state index contributed by atoms with van der Waals surface area (Å²) in [4.78, 5) is 29.7. The normalized spacial score (nSPS) is 13.5. The van der Waals surface area contributed by atoms with Crippen molar-refractivity contribution in [3.05, 3.63) is 87.8 Å². The number of nitrogens with zero attached hydrogens (tertiary/aromatic N) is 1. The zero-order valence-corrected chi connectivity index (χ0v) is 16.6. The Kier molecular flexibility index (Phi) is 4.57. The van der Waals surface area contributed by atoms with Gasteiger partial charge in [0.25, 0.3) is 0 Å². The molecule has 0 saturated carbocycles. The molecule has 1 aliphatic carbocycles. The van der Waals surface area contributed by atoms with Crippen molar-refractivity contribution in [2.24, 2.45) is 0 Å². The van der Waals surface area contributed by atoms with Crippen molar-refractivity contribution in [3.63, 3.8) is 0 Å². The number of carbonyl (C=O) groups is 2. The van der Waals surface area contributed by atoms with Gasteiger partial charge in [0.1, 0.15) is 11.4 Å². The number of pyridine rings is 1. The van der Waals surface area contributed by atoms with Crippen LogP contribution in [0.1, 0.15) is 26.5 Å². The first kappa shape index (κ1) is 18.1. The van der Waals surface area contributed by atoms with Crippen LogP contribution in [0.15, 0.2) is 70.8 Å². The molecule has 3 aromatic rings. The third kappa shape index (κ3) is 3.23. The number of rotatable bonds is 3. The van der Waals surface area contributed by atoms with Crippen LogP contribution in [0.4, 0.5) is 11.4 Å². The van der Waals surface area contributed by atoms with E-state index in [0.717, 1.165) is 11.1 Å². The Labute approximate surface area is 170 Å². The molecular formula is C22H16BrN3O2. The number of Topliss-reactive ketones (excluding diaryl/α,β-unsaturated/α-hetero) is 2. The quantitative estimate of drug-likeness (QED) is 0.582. The molecule has 0 amide bonds. The number of aryl methyl sites for hydroxylation is 1. The highest BCUT2D eigenvalue weighted by Crippen LogP contribution is 2.30. The van der Waals surface area contributed by atoms with Crippen LogP contribution in [0.5, 0.6) is 0 Å². The number of nitrogens with one attached hydrogen (secondary N) is 1. The van der Waals surface area contributed by atoms with Crippen LogP contribution >= 0.6 is 15.9 Å². The molecule has 1 heterocycles. The number of halogens is 1. The van der Waals surface area contributed by atoms with Crippen molar-refractivity contribution < 1.29 is 9.59 Å². The van der Waals surface area contributed by atoms with Gasteiger partial charge in [-0.1, -0.05) is 24.3 Å². The van der Waals surface area contributed by atoms with Crippen molar-refractivity contribution in [2.45, 2.75) is 6.92 Å². The minimum absolute atomic E-state index is 0.182. The number of nitrogen functional groups attached to an aromatic ring is 1. The van der Waals surface area contributed by atoms with Gasteiger partial charge in [0.2, 0.25) is 11.6 Å². The fraction of sp³-hybridized carbons (Fsp3) is 0.0455. The predicted octanol–water partition coefficient (Wildman–Crippen LogP) is 4.74. The molecule has 0 radical (unpaired) electrons. The fourth-order valence-corrected chi connectivity index (χ4v) is 3.51. The highest BCUT2D eigenvalue weighted by Gasteiger charge is 2.32. The molecule has 4 rings (SSSR count). The van der Waals surface area contributed by atoms with Crippen molar-refractivity contribution >= 4 is 38.9 Å². The maximum Gasteiger partial charge on any atom is 0.221 e. The molecule has 0 spiro atoms. The van der Waals surface area contributed by atoms with E-state index >= 15 is 0 Å². The summed E-state index contributed by atoms with van der Waals surface area (Å²) in [6.07, 6.45) is 0. The maximum atomic E-state index is 12.9. The molecule has 1 aromatic heterocycles. The second kappa shape index (κ2) is 7.05. The third-order valence-electron chi connectivity index (χ3n) is 4.54. The highest BCUT2D eigenvalue weighted by molar-refractivity contribution is 9.12. The smallest absolute Gasteiger partial charge is 0.221 e. The average Bonchev–Trinajstić information content (AvgIpc) is 2.70. The monoisotopic (exact) mass is 433 g/mol. The Bertz CT molecular complexity index is 1130. The number of ketones is 2. The molecule has 0 atom stereocenters. The van der Waals surface area contributed by atoms with Crippen LogP contribution in [0.25, 0.3) is 11.1 Å². The summed E-state index contributed by atoms with van der Waals surface area (Å²) in [5.74, 6) is -0.573. The molecule has 5 nitrogen and oxygen atoms in total.